The monoisotopic (exact) mass is 638 g/mol. The Morgan fingerprint density at radius 1 is 0.657 bits per heavy atom. The van der Waals surface area contributed by atoms with E-state index in [9.17, 15) is 16.8 Å². The van der Waals surface area contributed by atoms with Crippen LogP contribution in [0.1, 0.15) is 51.7 Å². The fourth-order valence-corrected chi connectivity index (χ4v) is 11.0. The first-order valence-electron chi connectivity index (χ1n) is 12.1. The second-order valence-electron chi connectivity index (χ2n) is 9.39. The average Bonchev–Trinajstić information content (AvgIpc) is 2.82. The summed E-state index contributed by atoms with van der Waals surface area (Å²) in [5.41, 5.74) is 2.03. The van der Waals surface area contributed by atoms with Gasteiger partial charge in [0, 0.05) is 0 Å². The quantitative estimate of drug-likeness (QED) is 0.288. The van der Waals surface area contributed by atoms with Gasteiger partial charge in [0.2, 0.25) is 0 Å². The van der Waals surface area contributed by atoms with Crippen molar-refractivity contribution < 1.29 is 16.8 Å². The number of sulfonamides is 2. The van der Waals surface area contributed by atoms with Crippen molar-refractivity contribution in [2.45, 2.75) is 85.2 Å². The van der Waals surface area contributed by atoms with Crippen LogP contribution in [0.2, 0.25) is 8.94 Å². The summed E-state index contributed by atoms with van der Waals surface area (Å²) >= 11 is -0.659. The van der Waals surface area contributed by atoms with Crippen LogP contribution in [-0.4, -0.2) is 49.8 Å². The Bertz CT molecular complexity index is 1040. The van der Waals surface area contributed by atoms with E-state index in [1.165, 1.54) is 0 Å². The minimum atomic E-state index is -3.61. The molecule has 0 heterocycles. The van der Waals surface area contributed by atoms with Gasteiger partial charge >= 0.3 is 224 Å². The van der Waals surface area contributed by atoms with Crippen LogP contribution in [0.5, 0.6) is 0 Å². The molecule has 9 heteroatoms. The van der Waals surface area contributed by atoms with Crippen LogP contribution in [0.15, 0.2) is 58.3 Å². The van der Waals surface area contributed by atoms with Gasteiger partial charge in [0.25, 0.3) is 0 Å². The Labute approximate surface area is 222 Å². The number of hydrogen-bond acceptors (Lipinski definition) is 4. The maximum atomic E-state index is 13.0. The number of nitrogens with one attached hydrogen (secondary N) is 2. The Morgan fingerprint density at radius 3 is 1.26 bits per heavy atom. The summed E-state index contributed by atoms with van der Waals surface area (Å²) in [6, 6.07) is 13.4. The third-order valence-electron chi connectivity index (χ3n) is 6.53. The first-order chi connectivity index (χ1) is 16.4. The van der Waals surface area contributed by atoms with E-state index in [4.69, 9.17) is 0 Å². The van der Waals surface area contributed by atoms with Gasteiger partial charge in [-0.2, -0.15) is 0 Å². The predicted octanol–water partition coefficient (Wildman–Crippen LogP) is 4.93. The van der Waals surface area contributed by atoms with Crippen molar-refractivity contribution in [2.24, 2.45) is 11.8 Å². The van der Waals surface area contributed by atoms with Gasteiger partial charge in [0.1, 0.15) is 0 Å². The predicted molar refractivity (Wildman–Crippen MR) is 145 cm³/mol. The van der Waals surface area contributed by atoms with Crippen LogP contribution >= 0.6 is 0 Å². The molecule has 35 heavy (non-hydrogen) atoms. The molecule has 0 fully saturated rings. The van der Waals surface area contributed by atoms with E-state index >= 15 is 0 Å². The van der Waals surface area contributed by atoms with Crippen molar-refractivity contribution >= 4 is 41.0 Å². The SMILES string of the molecule is CC[C@@H](C)[C@@H](C[Te]C[C@@H](NS(=O)(=O)c1ccc(C)cc1)[C@H](C)CC)NS(=O)(=O)c1ccc(C)cc1. The topological polar surface area (TPSA) is 92.3 Å². The molecule has 0 unspecified atom stereocenters. The first-order valence-corrected chi connectivity index (χ1v) is 18.4. The zero-order chi connectivity index (χ0) is 26.2. The summed E-state index contributed by atoms with van der Waals surface area (Å²) in [4.78, 5) is 0.556. The summed E-state index contributed by atoms with van der Waals surface area (Å²) < 4.78 is 59.4. The molecule has 2 aromatic rings. The van der Waals surface area contributed by atoms with Gasteiger partial charge in [0.15, 0.2) is 0 Å². The van der Waals surface area contributed by atoms with Crippen LogP contribution in [0.25, 0.3) is 0 Å². The number of aryl methyl sites for hydroxylation is 2. The Balaban J connectivity index is 2.10. The van der Waals surface area contributed by atoms with E-state index < -0.39 is 41.0 Å². The fraction of sp³-hybridized carbons (Fsp3) is 0.538. The van der Waals surface area contributed by atoms with Crippen molar-refractivity contribution in [3.8, 4) is 0 Å². The van der Waals surface area contributed by atoms with Crippen molar-refractivity contribution in [1.82, 2.24) is 9.44 Å². The molecule has 196 valence electrons. The van der Waals surface area contributed by atoms with E-state index in [1.807, 2.05) is 13.8 Å². The van der Waals surface area contributed by atoms with Crippen LogP contribution in [-0.2, 0) is 20.0 Å². The molecule has 0 amide bonds. The average molecular weight is 636 g/mol. The summed E-state index contributed by atoms with van der Waals surface area (Å²) in [6.07, 6.45) is 1.73. The van der Waals surface area contributed by atoms with Gasteiger partial charge in [-0.3, -0.25) is 0 Å². The molecular formula is C26H40N2O4S2Te. The number of rotatable bonds is 14. The molecule has 0 aromatic heterocycles. The molecule has 0 spiro atoms. The first kappa shape index (κ1) is 30.3. The number of hydrogen-bond donors (Lipinski definition) is 2. The Morgan fingerprint density at radius 2 is 0.971 bits per heavy atom. The van der Waals surface area contributed by atoms with Gasteiger partial charge in [0.05, 0.1) is 0 Å². The standard InChI is InChI=1S/C26H40N2O4S2Te/c1-7-21(5)25(27-33(29,30)23-13-9-19(3)10-14-23)17-35-18-26(22(6)8-2)28-34(31,32)24-15-11-20(4)12-16-24/h9-16,21-22,25-28H,7-8,17-18H2,1-6H3/t21-,22-,25-,26-/m1/s1. The van der Waals surface area contributed by atoms with Crippen LogP contribution in [0.3, 0.4) is 0 Å². The molecule has 0 saturated carbocycles. The molecule has 0 aliphatic heterocycles. The van der Waals surface area contributed by atoms with Gasteiger partial charge in [-0.25, -0.2) is 0 Å². The van der Waals surface area contributed by atoms with Crippen molar-refractivity contribution in [3.63, 3.8) is 0 Å². The molecule has 4 atom stereocenters. The van der Waals surface area contributed by atoms with Gasteiger partial charge in [-0.05, 0) is 0 Å². The summed E-state index contributed by atoms with van der Waals surface area (Å²) in [5, 5.41) is 0. The van der Waals surface area contributed by atoms with Gasteiger partial charge < -0.3 is 0 Å². The van der Waals surface area contributed by atoms with Crippen molar-refractivity contribution in [3.05, 3.63) is 59.7 Å². The second-order valence-corrected chi connectivity index (χ2v) is 15.9. The normalized spacial score (nSPS) is 15.9. The van der Waals surface area contributed by atoms with Crippen molar-refractivity contribution in [2.75, 3.05) is 0 Å². The van der Waals surface area contributed by atoms with E-state index in [2.05, 4.69) is 37.1 Å². The minimum absolute atomic E-state index is 0.167. The van der Waals surface area contributed by atoms with E-state index in [0.717, 1.165) is 32.9 Å². The van der Waals surface area contributed by atoms with Crippen LogP contribution in [0, 0.1) is 25.7 Å². The molecule has 0 aliphatic rings. The Kier molecular flexibility index (Phi) is 11.7. The fourth-order valence-electron chi connectivity index (χ4n) is 3.49. The molecule has 6 nitrogen and oxygen atoms in total. The zero-order valence-electron chi connectivity index (χ0n) is 21.6. The van der Waals surface area contributed by atoms with E-state index in [0.29, 0.717) is 0 Å². The Hall–Kier alpha value is -0.950. The maximum absolute atomic E-state index is 13.0. The molecular weight excluding hydrogens is 596 g/mol. The second kappa shape index (κ2) is 13.6. The molecule has 0 aliphatic carbocycles. The molecule has 2 aromatic carbocycles. The molecule has 2 rings (SSSR count). The third kappa shape index (κ3) is 9.14. The summed E-state index contributed by atoms with van der Waals surface area (Å²) in [5.74, 6) is 0.373. The van der Waals surface area contributed by atoms with E-state index in [1.54, 1.807) is 48.5 Å². The molecule has 0 bridgehead atoms. The summed E-state index contributed by atoms with van der Waals surface area (Å²) in [7, 11) is -7.22. The molecule has 0 saturated heterocycles. The third-order valence-corrected chi connectivity index (χ3v) is 12.9. The van der Waals surface area contributed by atoms with E-state index in [-0.39, 0.29) is 33.7 Å². The van der Waals surface area contributed by atoms with Crippen LogP contribution in [0.4, 0.5) is 0 Å². The van der Waals surface area contributed by atoms with Gasteiger partial charge in [-0.1, -0.05) is 0 Å². The molecule has 2 N–H and O–H groups in total. The van der Waals surface area contributed by atoms with Crippen LogP contribution < -0.4 is 9.44 Å². The molecule has 0 radical (unpaired) electrons. The van der Waals surface area contributed by atoms with Crippen molar-refractivity contribution in [1.29, 1.82) is 0 Å². The summed E-state index contributed by atoms with van der Waals surface area (Å²) in [6.45, 7) is 12.1. The number of benzene rings is 2. The van der Waals surface area contributed by atoms with Gasteiger partial charge in [-0.15, -0.1) is 0 Å². The zero-order valence-corrected chi connectivity index (χ0v) is 25.6.